The minimum Gasteiger partial charge on any atom is -0.435 e. The third-order valence-electron chi connectivity index (χ3n) is 1.82. The molecule has 0 unspecified atom stereocenters. The first kappa shape index (κ1) is 8.53. The molecule has 0 aromatic carbocycles. The van der Waals surface area contributed by atoms with Crippen LogP contribution in [0.25, 0.3) is 0 Å². The zero-order chi connectivity index (χ0) is 8.59. The lowest BCUT2D eigenvalue weighted by atomic mass is 10.3. The molecule has 3 heteroatoms. The third-order valence-corrected chi connectivity index (χ3v) is 2.10. The molecule has 0 saturated heterocycles. The van der Waals surface area contributed by atoms with Crippen LogP contribution < -0.4 is 0 Å². The van der Waals surface area contributed by atoms with Gasteiger partial charge in [-0.05, 0) is 39.9 Å². The van der Waals surface area contributed by atoms with Crippen molar-refractivity contribution in [2.75, 3.05) is 0 Å². The first-order valence-electron chi connectivity index (χ1n) is 3.72. The van der Waals surface area contributed by atoms with E-state index in [9.17, 15) is 0 Å². The zero-order valence-corrected chi connectivity index (χ0v) is 8.16. The maximum Gasteiger partial charge on any atom is 0.269 e. The van der Waals surface area contributed by atoms with Crippen LogP contribution in [-0.2, 0) is 0 Å². The summed E-state index contributed by atoms with van der Waals surface area (Å²) in [6.45, 7) is 8.15. The maximum atomic E-state index is 5.28. The Hall–Kier alpha value is -0.570. The lowest BCUT2D eigenvalue weighted by molar-refractivity contribution is 0.468. The molecular formula is C8H13NOS. The minimum atomic E-state index is 0.389. The van der Waals surface area contributed by atoms with E-state index in [0.717, 1.165) is 11.5 Å². The smallest absolute Gasteiger partial charge is 0.269 e. The Balaban J connectivity index is 3.34. The zero-order valence-electron chi connectivity index (χ0n) is 7.34. The second kappa shape index (κ2) is 2.81. The molecule has 11 heavy (non-hydrogen) atoms. The van der Waals surface area contributed by atoms with E-state index in [1.54, 1.807) is 0 Å². The maximum absolute atomic E-state index is 5.28. The summed E-state index contributed by atoms with van der Waals surface area (Å²) in [5, 5.41) is 0. The van der Waals surface area contributed by atoms with Gasteiger partial charge >= 0.3 is 0 Å². The number of rotatable bonds is 1. The van der Waals surface area contributed by atoms with Crippen molar-refractivity contribution >= 4 is 12.2 Å². The van der Waals surface area contributed by atoms with Gasteiger partial charge in [0.05, 0.1) is 5.69 Å². The predicted octanol–water partition coefficient (Wildman–Crippen LogP) is 3.01. The summed E-state index contributed by atoms with van der Waals surface area (Å²) in [5.74, 6) is 0.920. The molecule has 0 atom stereocenters. The Morgan fingerprint density at radius 2 is 1.91 bits per heavy atom. The fourth-order valence-electron chi connectivity index (χ4n) is 1.16. The van der Waals surface area contributed by atoms with Gasteiger partial charge in [0.1, 0.15) is 5.76 Å². The second-order valence-corrected chi connectivity index (χ2v) is 3.32. The Labute approximate surface area is 71.8 Å². The molecule has 1 aromatic rings. The highest BCUT2D eigenvalue weighted by molar-refractivity contribution is 7.71. The number of aromatic nitrogens is 1. The molecule has 0 bridgehead atoms. The van der Waals surface area contributed by atoms with Crippen LogP contribution >= 0.6 is 12.2 Å². The van der Waals surface area contributed by atoms with Gasteiger partial charge in [-0.1, -0.05) is 0 Å². The highest BCUT2D eigenvalue weighted by atomic mass is 32.1. The highest BCUT2D eigenvalue weighted by Crippen LogP contribution is 2.15. The van der Waals surface area contributed by atoms with Crippen molar-refractivity contribution < 1.29 is 4.42 Å². The molecule has 0 aliphatic rings. The summed E-state index contributed by atoms with van der Waals surface area (Å²) in [4.78, 5) is 0.579. The van der Waals surface area contributed by atoms with Crippen LogP contribution in [0.3, 0.4) is 0 Å². The van der Waals surface area contributed by atoms with Gasteiger partial charge in [0.25, 0.3) is 4.84 Å². The fourth-order valence-corrected chi connectivity index (χ4v) is 1.63. The van der Waals surface area contributed by atoms with E-state index in [2.05, 4.69) is 13.8 Å². The van der Waals surface area contributed by atoms with Crippen LogP contribution in [0.2, 0.25) is 0 Å². The molecule has 0 aliphatic carbocycles. The monoisotopic (exact) mass is 171 g/mol. The van der Waals surface area contributed by atoms with Crippen molar-refractivity contribution in [1.29, 1.82) is 0 Å². The lowest BCUT2D eigenvalue weighted by Gasteiger charge is -2.06. The van der Waals surface area contributed by atoms with E-state index < -0.39 is 0 Å². The standard InChI is InChI=1S/C8H13NOS/c1-5(2)9-6(3)7(4)10-8(9)11/h5H,1-4H3. The van der Waals surface area contributed by atoms with Crippen LogP contribution in [0.4, 0.5) is 0 Å². The Kier molecular flexibility index (Phi) is 2.18. The van der Waals surface area contributed by atoms with Crippen LogP contribution in [0.15, 0.2) is 4.42 Å². The van der Waals surface area contributed by atoms with E-state index >= 15 is 0 Å². The Bertz CT molecular complexity index is 308. The quantitative estimate of drug-likeness (QED) is 0.604. The molecule has 1 rings (SSSR count). The molecule has 2 nitrogen and oxygen atoms in total. The van der Waals surface area contributed by atoms with Gasteiger partial charge in [-0.2, -0.15) is 0 Å². The number of nitrogens with zero attached hydrogens (tertiary/aromatic N) is 1. The van der Waals surface area contributed by atoms with E-state index in [1.807, 2.05) is 18.4 Å². The van der Waals surface area contributed by atoms with Crippen molar-refractivity contribution in [3.05, 3.63) is 16.3 Å². The summed E-state index contributed by atoms with van der Waals surface area (Å²) in [6, 6.07) is 0.389. The highest BCUT2D eigenvalue weighted by Gasteiger charge is 2.08. The number of aryl methyl sites for hydroxylation is 1. The fraction of sp³-hybridized carbons (Fsp3) is 0.625. The van der Waals surface area contributed by atoms with Gasteiger partial charge in [0.2, 0.25) is 0 Å². The van der Waals surface area contributed by atoms with Gasteiger partial charge in [-0.3, -0.25) is 0 Å². The first-order chi connectivity index (χ1) is 5.04. The normalized spacial score (nSPS) is 11.0. The molecule has 0 fully saturated rings. The summed E-state index contributed by atoms with van der Waals surface area (Å²) in [6.07, 6.45) is 0. The van der Waals surface area contributed by atoms with Gasteiger partial charge in [-0.25, -0.2) is 0 Å². The van der Waals surface area contributed by atoms with Crippen molar-refractivity contribution in [1.82, 2.24) is 4.57 Å². The molecule has 0 radical (unpaired) electrons. The van der Waals surface area contributed by atoms with E-state index in [1.165, 1.54) is 0 Å². The SMILES string of the molecule is Cc1oc(=S)n(C(C)C)c1C. The number of hydrogen-bond donors (Lipinski definition) is 0. The average Bonchev–Trinajstić information content (AvgIpc) is 2.07. The van der Waals surface area contributed by atoms with E-state index in [-0.39, 0.29) is 0 Å². The largest absolute Gasteiger partial charge is 0.435 e. The predicted molar refractivity (Wildman–Crippen MR) is 47.4 cm³/mol. The molecule has 0 N–H and O–H groups in total. The van der Waals surface area contributed by atoms with Gasteiger partial charge < -0.3 is 8.98 Å². The summed E-state index contributed by atoms with van der Waals surface area (Å²) < 4.78 is 7.30. The van der Waals surface area contributed by atoms with Gasteiger partial charge in [0.15, 0.2) is 0 Å². The van der Waals surface area contributed by atoms with Crippen molar-refractivity contribution in [3.63, 3.8) is 0 Å². The molecule has 62 valence electrons. The van der Waals surface area contributed by atoms with E-state index in [4.69, 9.17) is 16.6 Å². The van der Waals surface area contributed by atoms with Crippen molar-refractivity contribution in [2.24, 2.45) is 0 Å². The third kappa shape index (κ3) is 1.38. The Morgan fingerprint density at radius 3 is 2.09 bits per heavy atom. The Morgan fingerprint density at radius 1 is 1.36 bits per heavy atom. The van der Waals surface area contributed by atoms with Crippen molar-refractivity contribution in [2.45, 2.75) is 33.7 Å². The van der Waals surface area contributed by atoms with Crippen LogP contribution in [0, 0.1) is 18.7 Å². The summed E-state index contributed by atoms with van der Waals surface area (Å²) in [7, 11) is 0. The van der Waals surface area contributed by atoms with Gasteiger partial charge in [-0.15, -0.1) is 0 Å². The summed E-state index contributed by atoms with van der Waals surface area (Å²) in [5.41, 5.74) is 1.13. The number of hydrogen-bond acceptors (Lipinski definition) is 2. The van der Waals surface area contributed by atoms with Crippen LogP contribution in [0.1, 0.15) is 31.3 Å². The minimum absolute atomic E-state index is 0.389. The topological polar surface area (TPSA) is 18.1 Å². The molecular weight excluding hydrogens is 158 g/mol. The summed E-state index contributed by atoms with van der Waals surface area (Å²) >= 11 is 5.03. The van der Waals surface area contributed by atoms with Crippen LogP contribution in [0.5, 0.6) is 0 Å². The molecule has 1 heterocycles. The molecule has 0 saturated carbocycles. The van der Waals surface area contributed by atoms with Crippen LogP contribution in [-0.4, -0.2) is 4.57 Å². The first-order valence-corrected chi connectivity index (χ1v) is 4.13. The molecule has 0 aliphatic heterocycles. The van der Waals surface area contributed by atoms with Crippen molar-refractivity contribution in [3.8, 4) is 0 Å². The molecule has 0 amide bonds. The van der Waals surface area contributed by atoms with E-state index in [0.29, 0.717) is 10.9 Å². The lowest BCUT2D eigenvalue weighted by Crippen LogP contribution is -2.02. The second-order valence-electron chi connectivity index (χ2n) is 2.97. The number of oxazole rings is 1. The average molecular weight is 171 g/mol. The van der Waals surface area contributed by atoms with Gasteiger partial charge in [0, 0.05) is 6.04 Å². The molecule has 0 spiro atoms. The molecule has 1 aromatic heterocycles.